The van der Waals surface area contributed by atoms with E-state index in [0.29, 0.717) is 11.3 Å². The van der Waals surface area contributed by atoms with E-state index in [1.807, 2.05) is 0 Å². The fourth-order valence-electron chi connectivity index (χ4n) is 3.02. The van der Waals surface area contributed by atoms with Crippen molar-refractivity contribution in [2.75, 3.05) is 31.4 Å². The zero-order valence-corrected chi connectivity index (χ0v) is 21.4. The van der Waals surface area contributed by atoms with E-state index in [2.05, 4.69) is 15.5 Å². The van der Waals surface area contributed by atoms with E-state index in [-0.39, 0.29) is 40.1 Å². The van der Waals surface area contributed by atoms with Crippen molar-refractivity contribution in [1.29, 1.82) is 0 Å². The zero-order chi connectivity index (χ0) is 26.5. The van der Waals surface area contributed by atoms with E-state index in [0.717, 1.165) is 11.3 Å². The summed E-state index contributed by atoms with van der Waals surface area (Å²) in [5.74, 6) is -2.97. The number of carbonyl (C=O) groups is 3. The third-order valence-electron chi connectivity index (χ3n) is 4.67. The molecule has 1 amide bonds. The molecule has 36 heavy (non-hydrogen) atoms. The zero-order valence-electron chi connectivity index (χ0n) is 19.8. The minimum absolute atomic E-state index is 0.0429. The van der Waals surface area contributed by atoms with Gasteiger partial charge < -0.3 is 23.9 Å². The summed E-state index contributed by atoms with van der Waals surface area (Å²) in [5, 5.41) is 8.86. The average molecular weight is 538 g/mol. The number of hydrogen-bond acceptors (Lipinski definition) is 12. The molecule has 14 heteroatoms. The van der Waals surface area contributed by atoms with E-state index in [4.69, 9.17) is 18.6 Å². The second-order valence-electron chi connectivity index (χ2n) is 7.11. The van der Waals surface area contributed by atoms with Gasteiger partial charge in [0.05, 0.1) is 25.9 Å². The van der Waals surface area contributed by atoms with Crippen LogP contribution in [0, 0.1) is 6.92 Å². The summed E-state index contributed by atoms with van der Waals surface area (Å²) in [4.78, 5) is 37.5. The summed E-state index contributed by atoms with van der Waals surface area (Å²) in [5.41, 5.74) is 0.639. The minimum Gasteiger partial charge on any atom is -0.497 e. The van der Waals surface area contributed by atoms with Gasteiger partial charge >= 0.3 is 17.2 Å². The highest BCUT2D eigenvalue weighted by Crippen LogP contribution is 2.34. The number of carbonyl (C=O) groups excluding carboxylic acids is 3. The van der Waals surface area contributed by atoms with Crippen LogP contribution in [0.2, 0.25) is 0 Å². The van der Waals surface area contributed by atoms with Crippen molar-refractivity contribution < 1.29 is 41.4 Å². The number of esters is 2. The number of benzene rings is 1. The van der Waals surface area contributed by atoms with Gasteiger partial charge in [0.1, 0.15) is 21.4 Å². The van der Waals surface area contributed by atoms with Crippen LogP contribution in [0.4, 0.5) is 5.00 Å². The molecule has 2 heterocycles. The normalized spacial score (nSPS) is 11.1. The van der Waals surface area contributed by atoms with Gasteiger partial charge in [0.15, 0.2) is 0 Å². The van der Waals surface area contributed by atoms with Gasteiger partial charge in [-0.2, -0.15) is 0 Å². The summed E-state index contributed by atoms with van der Waals surface area (Å²) in [6, 6.07) is 6.48. The Balaban J connectivity index is 1.82. The Kier molecular flexibility index (Phi) is 8.42. The Morgan fingerprint density at radius 2 is 1.67 bits per heavy atom. The molecule has 0 aliphatic carbocycles. The van der Waals surface area contributed by atoms with Crippen molar-refractivity contribution in [1.82, 2.24) is 10.2 Å². The summed E-state index contributed by atoms with van der Waals surface area (Å²) in [6.07, 6.45) is 0. The standard InChI is InChI=1S/C22H23N3O9S2/c1-5-32-20(27)16-12(3)17(21(28)33-6-2)35-19(16)23-15(26)11-36(29,30)22-25-24-18(34-22)13-7-9-14(31-4)10-8-13/h7-10H,5-6,11H2,1-4H3,(H,23,26). The number of ether oxygens (including phenoxy) is 3. The van der Waals surface area contributed by atoms with Gasteiger partial charge in [-0.15, -0.1) is 16.4 Å². The average Bonchev–Trinajstić information content (AvgIpc) is 3.45. The molecule has 0 bridgehead atoms. The molecule has 2 aromatic heterocycles. The number of thiophene rings is 1. The summed E-state index contributed by atoms with van der Waals surface area (Å²) in [6.45, 7) is 4.88. The van der Waals surface area contributed by atoms with Gasteiger partial charge in [0.25, 0.3) is 0 Å². The summed E-state index contributed by atoms with van der Waals surface area (Å²) < 4.78 is 45.8. The highest BCUT2D eigenvalue weighted by Gasteiger charge is 2.30. The van der Waals surface area contributed by atoms with Crippen LogP contribution >= 0.6 is 11.3 Å². The van der Waals surface area contributed by atoms with Gasteiger partial charge in [0.2, 0.25) is 21.6 Å². The van der Waals surface area contributed by atoms with Crippen LogP contribution in [-0.4, -0.2) is 62.5 Å². The summed E-state index contributed by atoms with van der Waals surface area (Å²) in [7, 11) is -2.83. The molecule has 0 saturated carbocycles. The molecule has 0 aliphatic rings. The molecule has 3 rings (SSSR count). The lowest BCUT2D eigenvalue weighted by atomic mass is 10.1. The van der Waals surface area contributed by atoms with Crippen LogP contribution in [0.3, 0.4) is 0 Å². The molecular formula is C22H23N3O9S2. The Morgan fingerprint density at radius 1 is 1.03 bits per heavy atom. The Morgan fingerprint density at radius 3 is 2.28 bits per heavy atom. The molecule has 0 radical (unpaired) electrons. The quantitative estimate of drug-likeness (QED) is 0.378. The van der Waals surface area contributed by atoms with Crippen molar-refractivity contribution in [3.63, 3.8) is 0 Å². The number of methoxy groups -OCH3 is 1. The third kappa shape index (κ3) is 5.88. The maximum absolute atomic E-state index is 12.7. The molecule has 3 aromatic rings. The lowest BCUT2D eigenvalue weighted by Crippen LogP contribution is -2.24. The summed E-state index contributed by atoms with van der Waals surface area (Å²) >= 11 is 0.779. The number of hydrogen-bond donors (Lipinski definition) is 1. The lowest BCUT2D eigenvalue weighted by Gasteiger charge is -2.07. The largest absolute Gasteiger partial charge is 0.497 e. The molecule has 1 N–H and O–H groups in total. The predicted molar refractivity (Wildman–Crippen MR) is 128 cm³/mol. The number of nitrogens with one attached hydrogen (secondary N) is 1. The van der Waals surface area contributed by atoms with Gasteiger partial charge in [-0.1, -0.05) is 5.10 Å². The predicted octanol–water partition coefficient (Wildman–Crippen LogP) is 2.88. The number of rotatable bonds is 10. The van der Waals surface area contributed by atoms with Crippen molar-refractivity contribution in [3.8, 4) is 17.2 Å². The number of nitrogens with zero attached hydrogens (tertiary/aromatic N) is 2. The topological polar surface area (TPSA) is 164 Å². The van der Waals surface area contributed by atoms with E-state index >= 15 is 0 Å². The maximum atomic E-state index is 12.7. The monoisotopic (exact) mass is 537 g/mol. The SMILES string of the molecule is CCOC(=O)c1sc(NC(=O)CS(=O)(=O)c2nnc(-c3ccc(OC)cc3)o2)c(C(=O)OCC)c1C. The molecule has 1 aromatic carbocycles. The number of sulfone groups is 1. The highest BCUT2D eigenvalue weighted by atomic mass is 32.2. The maximum Gasteiger partial charge on any atom is 0.348 e. The second kappa shape index (κ2) is 11.3. The Hall–Kier alpha value is -3.78. The van der Waals surface area contributed by atoms with Crippen LogP contribution in [0.15, 0.2) is 33.9 Å². The molecule has 0 fully saturated rings. The fraction of sp³-hybridized carbons (Fsp3) is 0.318. The highest BCUT2D eigenvalue weighted by molar-refractivity contribution is 7.91. The van der Waals surface area contributed by atoms with Crippen LogP contribution < -0.4 is 10.1 Å². The van der Waals surface area contributed by atoms with Gasteiger partial charge in [-0.3, -0.25) is 4.79 Å². The van der Waals surface area contributed by atoms with Crippen molar-refractivity contribution in [2.45, 2.75) is 26.0 Å². The molecule has 0 saturated heterocycles. The number of anilines is 1. The molecule has 0 unspecified atom stereocenters. The van der Waals surface area contributed by atoms with Crippen LogP contribution in [-0.2, 0) is 24.1 Å². The van der Waals surface area contributed by atoms with Crippen molar-refractivity contribution in [3.05, 3.63) is 40.3 Å². The molecular weight excluding hydrogens is 514 g/mol. The van der Waals surface area contributed by atoms with E-state index in [1.54, 1.807) is 38.1 Å². The molecule has 192 valence electrons. The Bertz CT molecular complexity index is 1380. The first-order valence-corrected chi connectivity index (χ1v) is 13.1. The van der Waals surface area contributed by atoms with Gasteiger partial charge in [-0.05, 0) is 50.6 Å². The van der Waals surface area contributed by atoms with E-state index in [9.17, 15) is 22.8 Å². The van der Waals surface area contributed by atoms with E-state index < -0.39 is 38.7 Å². The van der Waals surface area contributed by atoms with Gasteiger partial charge in [-0.25, -0.2) is 18.0 Å². The smallest absolute Gasteiger partial charge is 0.348 e. The molecule has 12 nitrogen and oxygen atoms in total. The van der Waals surface area contributed by atoms with Gasteiger partial charge in [0, 0.05) is 5.56 Å². The number of amides is 1. The molecule has 0 spiro atoms. The van der Waals surface area contributed by atoms with Crippen LogP contribution in [0.1, 0.15) is 39.4 Å². The first-order valence-electron chi connectivity index (χ1n) is 10.6. The minimum atomic E-state index is -4.33. The first-order chi connectivity index (χ1) is 17.1. The lowest BCUT2D eigenvalue weighted by molar-refractivity contribution is -0.113. The van der Waals surface area contributed by atoms with Crippen LogP contribution in [0.25, 0.3) is 11.5 Å². The van der Waals surface area contributed by atoms with Crippen molar-refractivity contribution in [2.24, 2.45) is 0 Å². The third-order valence-corrected chi connectivity index (χ3v) is 7.20. The first kappa shape index (κ1) is 26.8. The van der Waals surface area contributed by atoms with Crippen molar-refractivity contribution >= 4 is 44.0 Å². The van der Waals surface area contributed by atoms with E-state index in [1.165, 1.54) is 14.0 Å². The van der Waals surface area contributed by atoms with Crippen LogP contribution in [0.5, 0.6) is 5.75 Å². The Labute approximate surface area is 210 Å². The fourth-order valence-corrected chi connectivity index (χ4v) is 5.04. The number of aromatic nitrogens is 2. The second-order valence-corrected chi connectivity index (χ2v) is 10.00. The molecule has 0 atom stereocenters. The molecule has 0 aliphatic heterocycles.